The van der Waals surface area contributed by atoms with Gasteiger partial charge in [0.15, 0.2) is 0 Å². The molecule has 0 fully saturated rings. The van der Waals surface area contributed by atoms with Crippen molar-refractivity contribution in [1.29, 1.82) is 0 Å². The predicted octanol–water partition coefficient (Wildman–Crippen LogP) is 1.73. The maximum Gasteiger partial charge on any atom is 0.216 e. The number of aryl methyl sites for hydroxylation is 1. The highest BCUT2D eigenvalue weighted by atomic mass is 32.1. The van der Waals surface area contributed by atoms with Crippen LogP contribution in [0.4, 0.5) is 0 Å². The predicted molar refractivity (Wildman–Crippen MR) is 81.3 cm³/mol. The van der Waals surface area contributed by atoms with Gasteiger partial charge in [-0.25, -0.2) is 0 Å². The van der Waals surface area contributed by atoms with E-state index < -0.39 is 0 Å². The topological polar surface area (TPSA) is 58.4 Å². The van der Waals surface area contributed by atoms with Gasteiger partial charge in [-0.1, -0.05) is 0 Å². The molecule has 0 atom stereocenters. The quantitative estimate of drug-likeness (QED) is 0.801. The summed E-state index contributed by atoms with van der Waals surface area (Å²) in [6, 6.07) is 4.30. The Bertz CT molecular complexity index is 409. The zero-order valence-corrected chi connectivity index (χ0v) is 13.1. The number of thiophene rings is 1. The third-order valence-electron chi connectivity index (χ3n) is 2.61. The van der Waals surface area contributed by atoms with Crippen LogP contribution in [-0.4, -0.2) is 36.0 Å². The zero-order chi connectivity index (χ0) is 14.5. The van der Waals surface area contributed by atoms with Gasteiger partial charge in [-0.15, -0.1) is 11.3 Å². The molecule has 5 heteroatoms. The molecule has 1 rings (SSSR count). The number of nitrogens with zero attached hydrogens (tertiary/aromatic N) is 1. The van der Waals surface area contributed by atoms with Gasteiger partial charge in [0.1, 0.15) is 0 Å². The first-order chi connectivity index (χ1) is 8.76. The molecule has 0 saturated carbocycles. The molecule has 1 heterocycles. The summed E-state index contributed by atoms with van der Waals surface area (Å²) in [5.74, 6) is 0.0129. The molecular formula is C14H25N3OS. The Kier molecular flexibility index (Phi) is 5.97. The molecule has 19 heavy (non-hydrogen) atoms. The van der Waals surface area contributed by atoms with Crippen molar-refractivity contribution in [3.05, 3.63) is 21.9 Å². The fourth-order valence-corrected chi connectivity index (χ4v) is 2.90. The number of nitrogens with two attached hydrogens (primary N) is 1. The van der Waals surface area contributed by atoms with E-state index in [1.54, 1.807) is 6.92 Å². The Balaban J connectivity index is 2.55. The van der Waals surface area contributed by atoms with Crippen LogP contribution in [-0.2, 0) is 11.3 Å². The van der Waals surface area contributed by atoms with Gasteiger partial charge in [-0.2, -0.15) is 0 Å². The highest BCUT2D eigenvalue weighted by Gasteiger charge is 2.17. The Morgan fingerprint density at radius 3 is 2.63 bits per heavy atom. The lowest BCUT2D eigenvalue weighted by atomic mass is 10.1. The Morgan fingerprint density at radius 2 is 2.16 bits per heavy atom. The molecule has 0 aliphatic heterocycles. The van der Waals surface area contributed by atoms with E-state index in [-0.39, 0.29) is 11.4 Å². The second-order valence-corrected chi connectivity index (χ2v) is 7.07. The minimum absolute atomic E-state index is 0.0129. The average Bonchev–Trinajstić information content (AvgIpc) is 2.60. The van der Waals surface area contributed by atoms with E-state index >= 15 is 0 Å². The first-order valence-corrected chi connectivity index (χ1v) is 7.39. The summed E-state index contributed by atoms with van der Waals surface area (Å²) >= 11 is 1.81. The summed E-state index contributed by atoms with van der Waals surface area (Å²) in [6.07, 6.45) is 0. The fraction of sp³-hybridized carbons (Fsp3) is 0.643. The van der Waals surface area contributed by atoms with Gasteiger partial charge >= 0.3 is 0 Å². The second-order valence-electron chi connectivity index (χ2n) is 5.69. The van der Waals surface area contributed by atoms with Crippen molar-refractivity contribution in [1.82, 2.24) is 10.2 Å². The standard InChI is InChI=1S/C14H25N3OS/c1-11-5-6-13(19-11)9-17(10-14(3,4)15)8-7-16-12(2)18/h5-6H,7-10,15H2,1-4H3,(H,16,18). The van der Waals surface area contributed by atoms with Crippen molar-refractivity contribution in [3.63, 3.8) is 0 Å². The molecule has 1 aromatic rings. The fourth-order valence-electron chi connectivity index (χ4n) is 1.97. The zero-order valence-electron chi connectivity index (χ0n) is 12.3. The number of hydrogen-bond acceptors (Lipinski definition) is 4. The summed E-state index contributed by atoms with van der Waals surface area (Å²) in [5.41, 5.74) is 5.87. The first kappa shape index (κ1) is 16.1. The summed E-state index contributed by atoms with van der Waals surface area (Å²) in [6.45, 7) is 10.9. The third kappa shape index (κ3) is 7.30. The summed E-state index contributed by atoms with van der Waals surface area (Å²) in [4.78, 5) is 15.9. The molecule has 0 aliphatic carbocycles. The molecular weight excluding hydrogens is 258 g/mol. The molecule has 1 amide bonds. The van der Waals surface area contributed by atoms with Crippen molar-refractivity contribution in [2.45, 2.75) is 39.8 Å². The van der Waals surface area contributed by atoms with E-state index in [0.29, 0.717) is 6.54 Å². The van der Waals surface area contributed by atoms with E-state index in [1.807, 2.05) is 25.2 Å². The molecule has 1 aromatic heterocycles. The van der Waals surface area contributed by atoms with Crippen molar-refractivity contribution in [2.24, 2.45) is 5.73 Å². The van der Waals surface area contributed by atoms with Gasteiger partial charge in [0.05, 0.1) is 0 Å². The Hall–Kier alpha value is -0.910. The van der Waals surface area contributed by atoms with Crippen LogP contribution >= 0.6 is 11.3 Å². The van der Waals surface area contributed by atoms with Crippen LogP contribution < -0.4 is 11.1 Å². The summed E-state index contributed by atoms with van der Waals surface area (Å²) < 4.78 is 0. The Labute approximate surface area is 120 Å². The van der Waals surface area contributed by atoms with E-state index in [0.717, 1.165) is 19.6 Å². The van der Waals surface area contributed by atoms with E-state index in [1.165, 1.54) is 9.75 Å². The second kappa shape index (κ2) is 7.03. The lowest BCUT2D eigenvalue weighted by Crippen LogP contribution is -2.46. The first-order valence-electron chi connectivity index (χ1n) is 6.57. The van der Waals surface area contributed by atoms with Crippen LogP contribution in [0.1, 0.15) is 30.5 Å². The van der Waals surface area contributed by atoms with Crippen LogP contribution in [0.15, 0.2) is 12.1 Å². The number of nitrogens with one attached hydrogen (secondary N) is 1. The van der Waals surface area contributed by atoms with Gasteiger partial charge in [-0.3, -0.25) is 9.69 Å². The Morgan fingerprint density at radius 1 is 1.47 bits per heavy atom. The minimum atomic E-state index is -0.234. The van der Waals surface area contributed by atoms with Crippen molar-refractivity contribution >= 4 is 17.2 Å². The smallest absolute Gasteiger partial charge is 0.216 e. The van der Waals surface area contributed by atoms with Crippen LogP contribution in [0.3, 0.4) is 0 Å². The monoisotopic (exact) mass is 283 g/mol. The van der Waals surface area contributed by atoms with E-state index in [9.17, 15) is 4.79 Å². The molecule has 108 valence electrons. The number of hydrogen-bond donors (Lipinski definition) is 2. The van der Waals surface area contributed by atoms with Gasteiger partial charge in [0, 0.05) is 48.4 Å². The summed E-state index contributed by atoms with van der Waals surface area (Å²) in [7, 11) is 0. The lowest BCUT2D eigenvalue weighted by molar-refractivity contribution is -0.119. The molecule has 3 N–H and O–H groups in total. The van der Waals surface area contributed by atoms with Gasteiger partial charge in [-0.05, 0) is 32.9 Å². The van der Waals surface area contributed by atoms with Crippen LogP contribution in [0.5, 0.6) is 0 Å². The number of amides is 1. The largest absolute Gasteiger partial charge is 0.355 e. The van der Waals surface area contributed by atoms with Crippen LogP contribution in [0, 0.1) is 6.92 Å². The van der Waals surface area contributed by atoms with Gasteiger partial charge < -0.3 is 11.1 Å². The highest BCUT2D eigenvalue weighted by molar-refractivity contribution is 7.11. The average molecular weight is 283 g/mol. The molecule has 4 nitrogen and oxygen atoms in total. The number of carbonyl (C=O) groups excluding carboxylic acids is 1. The van der Waals surface area contributed by atoms with Crippen LogP contribution in [0.25, 0.3) is 0 Å². The SMILES string of the molecule is CC(=O)NCCN(Cc1ccc(C)s1)CC(C)(C)N. The molecule has 0 aromatic carbocycles. The summed E-state index contributed by atoms with van der Waals surface area (Å²) in [5, 5.41) is 2.83. The maximum absolute atomic E-state index is 10.9. The van der Waals surface area contributed by atoms with E-state index in [4.69, 9.17) is 5.73 Å². The van der Waals surface area contributed by atoms with Crippen molar-refractivity contribution < 1.29 is 4.79 Å². The normalized spacial score (nSPS) is 11.9. The molecule has 0 saturated heterocycles. The van der Waals surface area contributed by atoms with Gasteiger partial charge in [0.2, 0.25) is 5.91 Å². The minimum Gasteiger partial charge on any atom is -0.355 e. The van der Waals surface area contributed by atoms with Crippen molar-refractivity contribution in [2.75, 3.05) is 19.6 Å². The van der Waals surface area contributed by atoms with Gasteiger partial charge in [0.25, 0.3) is 0 Å². The molecule has 0 radical (unpaired) electrons. The highest BCUT2D eigenvalue weighted by Crippen LogP contribution is 2.17. The van der Waals surface area contributed by atoms with E-state index in [2.05, 4.69) is 29.3 Å². The molecule has 0 aliphatic rings. The number of rotatable bonds is 7. The lowest BCUT2D eigenvalue weighted by Gasteiger charge is -2.29. The molecule has 0 bridgehead atoms. The van der Waals surface area contributed by atoms with Crippen molar-refractivity contribution in [3.8, 4) is 0 Å². The van der Waals surface area contributed by atoms with Crippen LogP contribution in [0.2, 0.25) is 0 Å². The maximum atomic E-state index is 10.9. The molecule has 0 spiro atoms. The third-order valence-corrected chi connectivity index (χ3v) is 3.59. The number of carbonyl (C=O) groups is 1. The molecule has 0 unspecified atom stereocenters.